The fourth-order valence-electron chi connectivity index (χ4n) is 2.00. The number of nitrogens with one attached hydrogen (secondary N) is 2. The molecule has 8 heteroatoms. The summed E-state index contributed by atoms with van der Waals surface area (Å²) < 4.78 is 5.12. The lowest BCUT2D eigenvalue weighted by atomic mass is 10.1. The number of amides is 2. The van der Waals surface area contributed by atoms with Crippen LogP contribution in [0, 0.1) is 10.1 Å². The number of benzene rings is 2. The van der Waals surface area contributed by atoms with Gasteiger partial charge in [-0.25, -0.2) is 0 Å². The Morgan fingerprint density at radius 2 is 1.76 bits per heavy atom. The van der Waals surface area contributed by atoms with Crippen LogP contribution in [0.4, 0.5) is 5.69 Å². The quantitative estimate of drug-likeness (QED) is 0.615. The molecule has 130 valence electrons. The molecule has 2 N–H and O–H groups in total. The lowest BCUT2D eigenvalue weighted by molar-refractivity contribution is -0.385. The minimum atomic E-state index is -0.642. The molecular weight excluding hydrogens is 326 g/mol. The molecule has 0 atom stereocenters. The number of ether oxygens (including phenoxy) is 1. The molecule has 0 bridgehead atoms. The Kier molecular flexibility index (Phi) is 6.05. The van der Waals surface area contributed by atoms with E-state index in [1.807, 2.05) is 19.1 Å². The number of carbonyl (C=O) groups is 2. The number of para-hydroxylation sites is 2. The zero-order valence-electron chi connectivity index (χ0n) is 13.5. The number of nitrogens with zero attached hydrogens (tertiary/aromatic N) is 1. The first-order chi connectivity index (χ1) is 12.0. The van der Waals surface area contributed by atoms with Gasteiger partial charge in [0.05, 0.1) is 4.92 Å². The topological polar surface area (TPSA) is 111 Å². The smallest absolute Gasteiger partial charge is 0.310 e. The van der Waals surface area contributed by atoms with Gasteiger partial charge in [0, 0.05) is 11.6 Å². The SMILES string of the molecule is CCc1ccc(C(=O)NNC(=O)COc2ccccc2[N+](=O)[O-])cc1. The summed E-state index contributed by atoms with van der Waals surface area (Å²) in [6.07, 6.45) is 0.863. The zero-order chi connectivity index (χ0) is 18.2. The summed E-state index contributed by atoms with van der Waals surface area (Å²) >= 11 is 0. The number of nitro benzene ring substituents is 1. The van der Waals surface area contributed by atoms with E-state index in [0.29, 0.717) is 5.56 Å². The lowest BCUT2D eigenvalue weighted by Gasteiger charge is -2.09. The average molecular weight is 343 g/mol. The number of nitro groups is 1. The molecular formula is C17H17N3O5. The highest BCUT2D eigenvalue weighted by atomic mass is 16.6. The molecule has 0 aliphatic rings. The normalized spacial score (nSPS) is 9.96. The molecule has 25 heavy (non-hydrogen) atoms. The highest BCUT2D eigenvalue weighted by Gasteiger charge is 2.15. The molecule has 2 amide bonds. The lowest BCUT2D eigenvalue weighted by Crippen LogP contribution is -2.43. The third kappa shape index (κ3) is 5.03. The second-order valence-corrected chi connectivity index (χ2v) is 5.07. The molecule has 0 aliphatic heterocycles. The van der Waals surface area contributed by atoms with Crippen molar-refractivity contribution in [3.05, 3.63) is 69.8 Å². The molecule has 0 fully saturated rings. The number of hydrogen-bond donors (Lipinski definition) is 2. The van der Waals surface area contributed by atoms with Crippen LogP contribution < -0.4 is 15.6 Å². The molecule has 8 nitrogen and oxygen atoms in total. The van der Waals surface area contributed by atoms with Crippen molar-refractivity contribution in [3.63, 3.8) is 0 Å². The summed E-state index contributed by atoms with van der Waals surface area (Å²) in [5, 5.41) is 10.9. The molecule has 0 radical (unpaired) electrons. The van der Waals surface area contributed by atoms with Crippen LogP contribution in [0.15, 0.2) is 48.5 Å². The van der Waals surface area contributed by atoms with Gasteiger partial charge >= 0.3 is 5.69 Å². The van der Waals surface area contributed by atoms with E-state index in [-0.39, 0.29) is 11.4 Å². The van der Waals surface area contributed by atoms with Crippen molar-refractivity contribution in [2.24, 2.45) is 0 Å². The maximum absolute atomic E-state index is 11.9. The number of carbonyl (C=O) groups excluding carboxylic acids is 2. The van der Waals surface area contributed by atoms with E-state index in [2.05, 4.69) is 10.9 Å². The number of aryl methyl sites for hydroxylation is 1. The Bertz CT molecular complexity index is 774. The number of rotatable bonds is 6. The van der Waals surface area contributed by atoms with Gasteiger partial charge in [-0.1, -0.05) is 31.2 Å². The minimum absolute atomic E-state index is 0.0240. The molecule has 2 aromatic rings. The van der Waals surface area contributed by atoms with Gasteiger partial charge in [-0.2, -0.15) is 0 Å². The van der Waals surface area contributed by atoms with Crippen LogP contribution in [-0.4, -0.2) is 23.3 Å². The predicted molar refractivity (Wildman–Crippen MR) is 90.0 cm³/mol. The maximum atomic E-state index is 11.9. The van der Waals surface area contributed by atoms with Crippen molar-refractivity contribution >= 4 is 17.5 Å². The molecule has 0 saturated carbocycles. The first kappa shape index (κ1) is 17.9. The molecule has 0 heterocycles. The van der Waals surface area contributed by atoms with Crippen molar-refractivity contribution in [1.29, 1.82) is 0 Å². The summed E-state index contributed by atoms with van der Waals surface area (Å²) in [5.74, 6) is -1.14. The Balaban J connectivity index is 1.84. The van der Waals surface area contributed by atoms with Gasteiger partial charge in [0.1, 0.15) is 0 Å². The maximum Gasteiger partial charge on any atom is 0.310 e. The van der Waals surface area contributed by atoms with Gasteiger partial charge in [-0.15, -0.1) is 0 Å². The van der Waals surface area contributed by atoms with Gasteiger partial charge in [-0.05, 0) is 30.2 Å². The molecule has 0 saturated heterocycles. The van der Waals surface area contributed by atoms with Gasteiger partial charge in [-0.3, -0.25) is 30.6 Å². The van der Waals surface area contributed by atoms with Crippen molar-refractivity contribution < 1.29 is 19.2 Å². The number of hydrogen-bond acceptors (Lipinski definition) is 5. The van der Waals surface area contributed by atoms with E-state index in [9.17, 15) is 19.7 Å². The second kappa shape index (κ2) is 8.44. The molecule has 0 unspecified atom stereocenters. The Morgan fingerprint density at radius 3 is 2.40 bits per heavy atom. The van der Waals surface area contributed by atoms with Crippen LogP contribution in [0.1, 0.15) is 22.8 Å². The van der Waals surface area contributed by atoms with Crippen LogP contribution in [0.3, 0.4) is 0 Å². The van der Waals surface area contributed by atoms with Crippen molar-refractivity contribution in [3.8, 4) is 5.75 Å². The Morgan fingerprint density at radius 1 is 1.08 bits per heavy atom. The molecule has 2 aromatic carbocycles. The van der Waals surface area contributed by atoms with E-state index in [1.54, 1.807) is 18.2 Å². The Hall–Kier alpha value is -3.42. The third-order valence-electron chi connectivity index (χ3n) is 3.36. The van der Waals surface area contributed by atoms with E-state index in [4.69, 9.17) is 4.74 Å². The summed E-state index contributed by atoms with van der Waals surface area (Å²) in [6.45, 7) is 1.53. The van der Waals surface area contributed by atoms with Gasteiger partial charge in [0.25, 0.3) is 11.8 Å². The molecule has 0 aliphatic carbocycles. The van der Waals surface area contributed by atoms with Crippen LogP contribution >= 0.6 is 0 Å². The van der Waals surface area contributed by atoms with Crippen molar-refractivity contribution in [2.75, 3.05) is 6.61 Å². The van der Waals surface area contributed by atoms with Gasteiger partial charge in [0.15, 0.2) is 12.4 Å². The van der Waals surface area contributed by atoms with E-state index >= 15 is 0 Å². The highest BCUT2D eigenvalue weighted by molar-refractivity contribution is 5.95. The predicted octanol–water partition coefficient (Wildman–Crippen LogP) is 2.00. The summed E-state index contributed by atoms with van der Waals surface area (Å²) in [7, 11) is 0. The van der Waals surface area contributed by atoms with Crippen LogP contribution in [0.2, 0.25) is 0 Å². The third-order valence-corrected chi connectivity index (χ3v) is 3.36. The monoisotopic (exact) mass is 343 g/mol. The number of hydrazine groups is 1. The summed E-state index contributed by atoms with van der Waals surface area (Å²) in [6, 6.07) is 12.7. The summed E-state index contributed by atoms with van der Waals surface area (Å²) in [5.41, 5.74) is 5.71. The first-order valence-electron chi connectivity index (χ1n) is 7.55. The largest absolute Gasteiger partial charge is 0.477 e. The zero-order valence-corrected chi connectivity index (χ0v) is 13.5. The van der Waals surface area contributed by atoms with Crippen molar-refractivity contribution in [2.45, 2.75) is 13.3 Å². The van der Waals surface area contributed by atoms with Crippen LogP contribution in [0.5, 0.6) is 5.75 Å². The Labute approximate surface area is 143 Å². The highest BCUT2D eigenvalue weighted by Crippen LogP contribution is 2.25. The molecule has 0 aromatic heterocycles. The van der Waals surface area contributed by atoms with E-state index < -0.39 is 23.3 Å². The fourth-order valence-corrected chi connectivity index (χ4v) is 2.00. The molecule has 0 spiro atoms. The average Bonchev–Trinajstić information content (AvgIpc) is 2.64. The van der Waals surface area contributed by atoms with Crippen LogP contribution in [-0.2, 0) is 11.2 Å². The van der Waals surface area contributed by atoms with Crippen LogP contribution in [0.25, 0.3) is 0 Å². The molecule has 2 rings (SSSR count). The standard InChI is InChI=1S/C17H17N3O5/c1-2-12-7-9-13(10-8-12)17(22)19-18-16(21)11-25-15-6-4-3-5-14(15)20(23)24/h3-10H,2,11H2,1H3,(H,18,21)(H,19,22). The summed E-state index contributed by atoms with van der Waals surface area (Å²) in [4.78, 5) is 33.9. The fraction of sp³-hybridized carbons (Fsp3) is 0.176. The second-order valence-electron chi connectivity index (χ2n) is 5.07. The van der Waals surface area contributed by atoms with Crippen molar-refractivity contribution in [1.82, 2.24) is 10.9 Å². The first-order valence-corrected chi connectivity index (χ1v) is 7.55. The van der Waals surface area contributed by atoms with Gasteiger partial charge < -0.3 is 4.74 Å². The minimum Gasteiger partial charge on any atom is -0.477 e. The van der Waals surface area contributed by atoms with Gasteiger partial charge in [0.2, 0.25) is 0 Å². The van der Waals surface area contributed by atoms with E-state index in [1.165, 1.54) is 18.2 Å². The van der Waals surface area contributed by atoms with E-state index in [0.717, 1.165) is 12.0 Å².